The molecule has 0 atom stereocenters. The van der Waals surface area contributed by atoms with E-state index in [2.05, 4.69) is 10.2 Å². The molecule has 0 radical (unpaired) electrons. The fourth-order valence-corrected chi connectivity index (χ4v) is 3.65. The van der Waals surface area contributed by atoms with Crippen LogP contribution in [0.25, 0.3) is 0 Å². The first-order valence-corrected chi connectivity index (χ1v) is 7.60. The molecule has 0 bridgehead atoms. The summed E-state index contributed by atoms with van der Waals surface area (Å²) in [5, 5.41) is 6.89. The molecule has 1 aromatic heterocycles. The second-order valence-corrected chi connectivity index (χ2v) is 6.70. The molecule has 6 heteroatoms. The summed E-state index contributed by atoms with van der Waals surface area (Å²) in [7, 11) is -3.42. The van der Waals surface area contributed by atoms with E-state index in [4.69, 9.17) is 0 Å². The Labute approximate surface area is 112 Å². The SMILES string of the molecule is Cc1ccc(S(=O)(=O)N2CCc3c[nH]nc3C2)cc1. The van der Waals surface area contributed by atoms with Gasteiger partial charge in [-0.3, -0.25) is 5.10 Å². The maximum absolute atomic E-state index is 12.5. The minimum absolute atomic E-state index is 0.342. The summed E-state index contributed by atoms with van der Waals surface area (Å²) in [6.07, 6.45) is 2.54. The average molecular weight is 277 g/mol. The van der Waals surface area contributed by atoms with Crippen molar-refractivity contribution < 1.29 is 8.42 Å². The fraction of sp³-hybridized carbons (Fsp3) is 0.308. The Balaban J connectivity index is 1.92. The Morgan fingerprint density at radius 1 is 1.26 bits per heavy atom. The minimum atomic E-state index is -3.42. The number of aryl methyl sites for hydroxylation is 1. The third kappa shape index (κ3) is 2.17. The highest BCUT2D eigenvalue weighted by Gasteiger charge is 2.29. The van der Waals surface area contributed by atoms with Crippen LogP contribution in [0.15, 0.2) is 35.4 Å². The van der Waals surface area contributed by atoms with Gasteiger partial charge in [0.05, 0.1) is 17.1 Å². The summed E-state index contributed by atoms with van der Waals surface area (Å²) >= 11 is 0. The molecule has 19 heavy (non-hydrogen) atoms. The standard InChI is InChI=1S/C13H15N3O2S/c1-10-2-4-12(5-3-10)19(17,18)16-7-6-11-8-14-15-13(11)9-16/h2-5,8H,6-7,9H2,1H3,(H,14,15). The molecule has 0 aliphatic carbocycles. The zero-order valence-electron chi connectivity index (χ0n) is 10.6. The van der Waals surface area contributed by atoms with E-state index < -0.39 is 10.0 Å². The molecule has 2 heterocycles. The van der Waals surface area contributed by atoms with E-state index in [0.717, 1.165) is 16.8 Å². The van der Waals surface area contributed by atoms with Crippen LogP contribution in [-0.2, 0) is 23.0 Å². The molecule has 1 aromatic carbocycles. The number of benzene rings is 1. The van der Waals surface area contributed by atoms with Gasteiger partial charge in [0, 0.05) is 12.7 Å². The molecule has 0 saturated heterocycles. The van der Waals surface area contributed by atoms with Crippen LogP contribution in [0.5, 0.6) is 0 Å². The lowest BCUT2D eigenvalue weighted by Crippen LogP contribution is -2.35. The molecule has 0 amide bonds. The molecule has 1 aliphatic rings. The van der Waals surface area contributed by atoms with Crippen LogP contribution in [0.3, 0.4) is 0 Å². The average Bonchev–Trinajstić information content (AvgIpc) is 2.86. The number of hydrogen-bond acceptors (Lipinski definition) is 3. The van der Waals surface area contributed by atoms with Gasteiger partial charge in [0.25, 0.3) is 0 Å². The minimum Gasteiger partial charge on any atom is -0.285 e. The topological polar surface area (TPSA) is 66.1 Å². The van der Waals surface area contributed by atoms with Crippen LogP contribution in [0.2, 0.25) is 0 Å². The third-order valence-electron chi connectivity index (χ3n) is 3.42. The predicted molar refractivity (Wildman–Crippen MR) is 71.1 cm³/mol. The van der Waals surface area contributed by atoms with Crippen LogP contribution < -0.4 is 0 Å². The molecule has 0 saturated carbocycles. The van der Waals surface area contributed by atoms with E-state index in [9.17, 15) is 8.42 Å². The van der Waals surface area contributed by atoms with Gasteiger partial charge in [0.1, 0.15) is 0 Å². The van der Waals surface area contributed by atoms with Crippen molar-refractivity contribution in [2.75, 3.05) is 6.54 Å². The summed E-state index contributed by atoms with van der Waals surface area (Å²) in [6, 6.07) is 6.95. The van der Waals surface area contributed by atoms with Gasteiger partial charge in [0.2, 0.25) is 10.0 Å². The lowest BCUT2D eigenvalue weighted by molar-refractivity contribution is 0.387. The molecule has 2 aromatic rings. The van der Waals surface area contributed by atoms with Crippen molar-refractivity contribution in [1.82, 2.24) is 14.5 Å². The number of sulfonamides is 1. The number of H-pyrrole nitrogens is 1. The predicted octanol–water partition coefficient (Wildman–Crippen LogP) is 1.47. The second kappa shape index (κ2) is 4.47. The van der Waals surface area contributed by atoms with Gasteiger partial charge < -0.3 is 0 Å². The number of nitrogens with one attached hydrogen (secondary N) is 1. The molecule has 1 N–H and O–H groups in total. The van der Waals surface area contributed by atoms with E-state index in [1.165, 1.54) is 4.31 Å². The summed E-state index contributed by atoms with van der Waals surface area (Å²) in [5.41, 5.74) is 2.98. The quantitative estimate of drug-likeness (QED) is 0.904. The van der Waals surface area contributed by atoms with E-state index in [1.54, 1.807) is 12.1 Å². The molecule has 5 nitrogen and oxygen atoms in total. The summed E-state index contributed by atoms with van der Waals surface area (Å²) < 4.78 is 26.5. The first kappa shape index (κ1) is 12.4. The van der Waals surface area contributed by atoms with Gasteiger partial charge in [-0.1, -0.05) is 17.7 Å². The van der Waals surface area contributed by atoms with Gasteiger partial charge in [-0.2, -0.15) is 9.40 Å². The van der Waals surface area contributed by atoms with Crippen molar-refractivity contribution in [3.8, 4) is 0 Å². The maximum Gasteiger partial charge on any atom is 0.243 e. The number of nitrogens with zero attached hydrogens (tertiary/aromatic N) is 2. The van der Waals surface area contributed by atoms with Gasteiger partial charge in [-0.15, -0.1) is 0 Å². The lowest BCUT2D eigenvalue weighted by atomic mass is 10.1. The summed E-state index contributed by atoms with van der Waals surface area (Å²) in [4.78, 5) is 0.345. The Hall–Kier alpha value is -1.66. The molecule has 3 rings (SSSR count). The second-order valence-electron chi connectivity index (χ2n) is 4.76. The van der Waals surface area contributed by atoms with Crippen LogP contribution in [0.4, 0.5) is 0 Å². The molecule has 1 aliphatic heterocycles. The number of rotatable bonds is 2. The smallest absolute Gasteiger partial charge is 0.243 e. The number of aromatic nitrogens is 2. The molecule has 100 valence electrons. The van der Waals surface area contributed by atoms with Crippen LogP contribution in [0, 0.1) is 6.92 Å². The molecule has 0 spiro atoms. The fourth-order valence-electron chi connectivity index (χ4n) is 2.25. The highest BCUT2D eigenvalue weighted by atomic mass is 32.2. The monoisotopic (exact) mass is 277 g/mol. The van der Waals surface area contributed by atoms with E-state index in [0.29, 0.717) is 24.4 Å². The van der Waals surface area contributed by atoms with Crippen molar-refractivity contribution in [2.24, 2.45) is 0 Å². The van der Waals surface area contributed by atoms with Crippen molar-refractivity contribution >= 4 is 10.0 Å². The zero-order valence-corrected chi connectivity index (χ0v) is 11.4. The molecular weight excluding hydrogens is 262 g/mol. The maximum atomic E-state index is 12.5. The summed E-state index contributed by atoms with van der Waals surface area (Å²) in [5.74, 6) is 0. The Bertz CT molecular complexity index is 689. The van der Waals surface area contributed by atoms with Gasteiger partial charge in [-0.05, 0) is 31.0 Å². The zero-order chi connectivity index (χ0) is 13.5. The van der Waals surface area contributed by atoms with E-state index >= 15 is 0 Å². The number of aromatic amines is 1. The van der Waals surface area contributed by atoms with Crippen LogP contribution in [-0.4, -0.2) is 29.5 Å². The van der Waals surface area contributed by atoms with Gasteiger partial charge in [-0.25, -0.2) is 8.42 Å². The lowest BCUT2D eigenvalue weighted by Gasteiger charge is -2.25. The van der Waals surface area contributed by atoms with Crippen LogP contribution >= 0.6 is 0 Å². The Morgan fingerprint density at radius 3 is 2.74 bits per heavy atom. The van der Waals surface area contributed by atoms with Gasteiger partial charge >= 0.3 is 0 Å². The van der Waals surface area contributed by atoms with Gasteiger partial charge in [0.15, 0.2) is 0 Å². The van der Waals surface area contributed by atoms with E-state index in [-0.39, 0.29) is 0 Å². The molecule has 0 unspecified atom stereocenters. The largest absolute Gasteiger partial charge is 0.285 e. The van der Waals surface area contributed by atoms with E-state index in [1.807, 2.05) is 25.3 Å². The first-order valence-electron chi connectivity index (χ1n) is 6.16. The van der Waals surface area contributed by atoms with Crippen molar-refractivity contribution in [3.05, 3.63) is 47.3 Å². The van der Waals surface area contributed by atoms with Crippen LogP contribution in [0.1, 0.15) is 16.8 Å². The van der Waals surface area contributed by atoms with Crippen molar-refractivity contribution in [3.63, 3.8) is 0 Å². The first-order chi connectivity index (χ1) is 9.07. The van der Waals surface area contributed by atoms with Crippen molar-refractivity contribution in [2.45, 2.75) is 24.8 Å². The molecule has 0 fully saturated rings. The third-order valence-corrected chi connectivity index (χ3v) is 5.28. The number of hydrogen-bond donors (Lipinski definition) is 1. The highest BCUT2D eigenvalue weighted by molar-refractivity contribution is 7.89. The highest BCUT2D eigenvalue weighted by Crippen LogP contribution is 2.23. The summed E-state index contributed by atoms with van der Waals surface area (Å²) in [6.45, 7) is 2.78. The number of fused-ring (bicyclic) bond motifs is 1. The van der Waals surface area contributed by atoms with Crippen molar-refractivity contribution in [1.29, 1.82) is 0 Å². The molecular formula is C13H15N3O2S. The Morgan fingerprint density at radius 2 is 2.00 bits per heavy atom. The Kier molecular flexibility index (Phi) is 2.91. The normalized spacial score (nSPS) is 16.3.